The van der Waals surface area contributed by atoms with Crippen molar-refractivity contribution in [3.8, 4) is 0 Å². The van der Waals surface area contributed by atoms with Gasteiger partial charge in [0, 0.05) is 12.6 Å². The zero-order valence-electron chi connectivity index (χ0n) is 16.0. The van der Waals surface area contributed by atoms with Crippen LogP contribution in [0, 0.1) is 17.3 Å². The van der Waals surface area contributed by atoms with E-state index in [1.165, 1.54) is 31.3 Å². The zero-order valence-corrected chi connectivity index (χ0v) is 16.0. The van der Waals surface area contributed by atoms with Crippen LogP contribution >= 0.6 is 0 Å². The number of fused-ring (bicyclic) bond motifs is 1. The predicted octanol–water partition coefficient (Wildman–Crippen LogP) is 2.38. The molecule has 3 atom stereocenters. The predicted molar refractivity (Wildman–Crippen MR) is 98.1 cm³/mol. The van der Waals surface area contributed by atoms with Gasteiger partial charge in [0.15, 0.2) is 0 Å². The lowest BCUT2D eigenvalue weighted by molar-refractivity contribution is -0.0272. The molecular formula is C20H36N2O2. The number of ether oxygens (including phenoxy) is 1. The van der Waals surface area contributed by atoms with E-state index >= 15 is 0 Å². The van der Waals surface area contributed by atoms with Crippen molar-refractivity contribution in [2.24, 2.45) is 17.3 Å². The molecule has 0 spiro atoms. The van der Waals surface area contributed by atoms with Gasteiger partial charge in [0.2, 0.25) is 0 Å². The van der Waals surface area contributed by atoms with Gasteiger partial charge in [0.05, 0.1) is 19.3 Å². The van der Waals surface area contributed by atoms with Crippen molar-refractivity contribution in [1.29, 1.82) is 0 Å². The average molecular weight is 337 g/mol. The van der Waals surface area contributed by atoms with E-state index < -0.39 is 0 Å². The number of aliphatic hydroxyl groups excluding tert-OH is 1. The minimum absolute atomic E-state index is 0.388. The van der Waals surface area contributed by atoms with Crippen molar-refractivity contribution < 1.29 is 9.84 Å². The first-order chi connectivity index (χ1) is 11.4. The first kappa shape index (κ1) is 18.4. The number of nitrogens with zero attached hydrogens (tertiary/aromatic N) is 2. The van der Waals surface area contributed by atoms with E-state index in [9.17, 15) is 5.11 Å². The summed E-state index contributed by atoms with van der Waals surface area (Å²) in [6.45, 7) is 8.97. The highest BCUT2D eigenvalue weighted by molar-refractivity contribution is 5.23. The summed E-state index contributed by atoms with van der Waals surface area (Å²) in [5.41, 5.74) is 1.93. The van der Waals surface area contributed by atoms with Crippen LogP contribution in [0.25, 0.3) is 0 Å². The quantitative estimate of drug-likeness (QED) is 0.724. The molecule has 4 nitrogen and oxygen atoms in total. The van der Waals surface area contributed by atoms with Gasteiger partial charge in [-0.25, -0.2) is 0 Å². The van der Waals surface area contributed by atoms with Crippen LogP contribution in [0.3, 0.4) is 0 Å². The molecule has 0 aromatic carbocycles. The van der Waals surface area contributed by atoms with Gasteiger partial charge in [0.1, 0.15) is 0 Å². The molecule has 1 saturated carbocycles. The summed E-state index contributed by atoms with van der Waals surface area (Å²) in [5.74, 6) is 1.58. The highest BCUT2D eigenvalue weighted by Crippen LogP contribution is 2.59. The third kappa shape index (κ3) is 3.87. The maximum absolute atomic E-state index is 10.3. The molecule has 1 aliphatic heterocycles. The summed E-state index contributed by atoms with van der Waals surface area (Å²) in [4.78, 5) is 4.70. The lowest BCUT2D eigenvalue weighted by Crippen LogP contribution is -2.49. The molecule has 0 amide bonds. The van der Waals surface area contributed by atoms with Gasteiger partial charge in [-0.15, -0.1) is 0 Å². The third-order valence-corrected chi connectivity index (χ3v) is 6.97. The Morgan fingerprint density at radius 2 is 2.08 bits per heavy atom. The van der Waals surface area contributed by atoms with Gasteiger partial charge in [0.25, 0.3) is 0 Å². The minimum atomic E-state index is -0.388. The van der Waals surface area contributed by atoms with Gasteiger partial charge >= 0.3 is 0 Å². The number of aliphatic hydroxyl groups is 1. The van der Waals surface area contributed by atoms with Crippen LogP contribution in [0.15, 0.2) is 11.6 Å². The fourth-order valence-corrected chi connectivity index (χ4v) is 4.92. The fraction of sp³-hybridized carbons (Fsp3) is 0.900. The molecular weight excluding hydrogens is 300 g/mol. The zero-order chi connectivity index (χ0) is 17.3. The Morgan fingerprint density at radius 3 is 2.71 bits per heavy atom. The second-order valence-corrected chi connectivity index (χ2v) is 8.96. The van der Waals surface area contributed by atoms with E-state index in [4.69, 9.17) is 4.74 Å². The maximum Gasteiger partial charge on any atom is 0.0900 e. The topological polar surface area (TPSA) is 35.9 Å². The van der Waals surface area contributed by atoms with E-state index in [1.54, 1.807) is 0 Å². The molecule has 4 aliphatic rings. The lowest BCUT2D eigenvalue weighted by Gasteiger charge is -2.56. The molecule has 2 bridgehead atoms. The molecule has 138 valence electrons. The molecule has 1 saturated heterocycles. The number of likely N-dealkylation sites (N-methyl/N-ethyl adjacent to an activating group) is 1. The largest absolute Gasteiger partial charge is 0.389 e. The lowest BCUT2D eigenvalue weighted by atomic mass is 9.49. The van der Waals surface area contributed by atoms with Gasteiger partial charge in [-0.05, 0) is 75.7 Å². The van der Waals surface area contributed by atoms with E-state index in [-0.39, 0.29) is 6.10 Å². The van der Waals surface area contributed by atoms with Crippen LogP contribution in [-0.4, -0.2) is 74.0 Å². The molecule has 0 radical (unpaired) electrons. The molecule has 4 heteroatoms. The standard InChI is InChI=1S/C20H36N2O2/c1-20(2)16-6-5-15(19(20)11-16)13-24-14-18(23)12-22(4)17-7-9-21(3)10-8-17/h5,16-19,23H,6-14H2,1-4H3/t16-,18-,19-/m0/s1. The number of hydrogen-bond acceptors (Lipinski definition) is 4. The van der Waals surface area contributed by atoms with E-state index in [2.05, 4.69) is 43.8 Å². The molecule has 2 fully saturated rings. The smallest absolute Gasteiger partial charge is 0.0900 e. The van der Waals surface area contributed by atoms with Crippen molar-refractivity contribution in [1.82, 2.24) is 9.80 Å². The highest BCUT2D eigenvalue weighted by Gasteiger charge is 2.50. The molecule has 3 aliphatic carbocycles. The Labute approximate surface area is 147 Å². The number of likely N-dealkylation sites (tertiary alicyclic amines) is 1. The van der Waals surface area contributed by atoms with Gasteiger partial charge in [-0.2, -0.15) is 0 Å². The molecule has 1 heterocycles. The van der Waals surface area contributed by atoms with Crippen LogP contribution in [0.2, 0.25) is 0 Å². The van der Waals surface area contributed by atoms with Crippen LogP contribution in [0.1, 0.15) is 39.5 Å². The Bertz CT molecular complexity index is 455. The van der Waals surface area contributed by atoms with Crippen molar-refractivity contribution in [2.45, 2.75) is 51.7 Å². The van der Waals surface area contributed by atoms with Gasteiger partial charge in [-0.1, -0.05) is 19.9 Å². The number of rotatable bonds is 7. The van der Waals surface area contributed by atoms with Gasteiger partial charge < -0.3 is 19.6 Å². The number of allylic oxidation sites excluding steroid dienone is 1. The summed E-state index contributed by atoms with van der Waals surface area (Å²) < 4.78 is 5.88. The molecule has 0 unspecified atom stereocenters. The Balaban J connectivity index is 1.35. The molecule has 0 aromatic heterocycles. The first-order valence-corrected chi connectivity index (χ1v) is 9.71. The first-order valence-electron chi connectivity index (χ1n) is 9.71. The van der Waals surface area contributed by atoms with Crippen molar-refractivity contribution in [3.05, 3.63) is 11.6 Å². The maximum atomic E-state index is 10.3. The average Bonchev–Trinajstić information content (AvgIpc) is 2.55. The van der Waals surface area contributed by atoms with Crippen LogP contribution < -0.4 is 0 Å². The highest BCUT2D eigenvalue weighted by atomic mass is 16.5. The summed E-state index contributed by atoms with van der Waals surface area (Å²) in [6, 6.07) is 0.601. The summed E-state index contributed by atoms with van der Waals surface area (Å²) in [6.07, 6.45) is 6.95. The fourth-order valence-electron chi connectivity index (χ4n) is 4.92. The van der Waals surface area contributed by atoms with Crippen molar-refractivity contribution in [3.63, 3.8) is 0 Å². The summed E-state index contributed by atoms with van der Waals surface area (Å²) in [7, 11) is 4.32. The Morgan fingerprint density at radius 1 is 1.38 bits per heavy atom. The van der Waals surface area contributed by atoms with Crippen molar-refractivity contribution >= 4 is 0 Å². The van der Waals surface area contributed by atoms with Crippen molar-refractivity contribution in [2.75, 3.05) is 46.9 Å². The van der Waals surface area contributed by atoms with E-state index in [1.807, 2.05) is 0 Å². The third-order valence-electron chi connectivity index (χ3n) is 6.97. The SMILES string of the molecule is CN1CCC(N(C)C[C@H](O)COCC2=CC[C@H]3C[C@@H]2C3(C)C)CC1. The van der Waals surface area contributed by atoms with E-state index in [0.29, 0.717) is 37.1 Å². The summed E-state index contributed by atoms with van der Waals surface area (Å²) in [5, 5.41) is 10.3. The second kappa shape index (κ2) is 7.45. The Kier molecular flexibility index (Phi) is 5.70. The van der Waals surface area contributed by atoms with Crippen LogP contribution in [-0.2, 0) is 4.74 Å². The molecule has 0 aromatic rings. The molecule has 1 N–H and O–H groups in total. The van der Waals surface area contributed by atoms with Crippen LogP contribution in [0.4, 0.5) is 0 Å². The molecule has 24 heavy (non-hydrogen) atoms. The molecule has 4 rings (SSSR count). The summed E-state index contributed by atoms with van der Waals surface area (Å²) >= 11 is 0. The number of hydrogen-bond donors (Lipinski definition) is 1. The monoisotopic (exact) mass is 336 g/mol. The second-order valence-electron chi connectivity index (χ2n) is 8.96. The normalized spacial score (nSPS) is 31.7. The Hall–Kier alpha value is -0.420. The van der Waals surface area contributed by atoms with E-state index in [0.717, 1.165) is 19.0 Å². The van der Waals surface area contributed by atoms with Gasteiger partial charge in [-0.3, -0.25) is 0 Å². The van der Waals surface area contributed by atoms with Crippen LogP contribution in [0.5, 0.6) is 0 Å². The minimum Gasteiger partial charge on any atom is -0.389 e. The number of piperidine rings is 1.